The van der Waals surface area contributed by atoms with Gasteiger partial charge in [-0.3, -0.25) is 0 Å². The third kappa shape index (κ3) is 1.86. The van der Waals surface area contributed by atoms with Crippen molar-refractivity contribution in [3.63, 3.8) is 0 Å². The van der Waals surface area contributed by atoms with E-state index in [-0.39, 0.29) is 5.69 Å². The van der Waals surface area contributed by atoms with Crippen LogP contribution in [0.4, 0.5) is 24.8 Å². The van der Waals surface area contributed by atoms with Crippen molar-refractivity contribution in [2.75, 3.05) is 5.32 Å². The molecule has 84 valence electrons. The molecule has 0 spiro atoms. The molecule has 0 aliphatic carbocycles. The average molecular weight is 227 g/mol. The van der Waals surface area contributed by atoms with Gasteiger partial charge in [-0.2, -0.15) is 0 Å². The van der Waals surface area contributed by atoms with Crippen molar-refractivity contribution in [3.8, 4) is 0 Å². The highest BCUT2D eigenvalue weighted by Crippen LogP contribution is 2.20. The van der Waals surface area contributed by atoms with Crippen molar-refractivity contribution in [3.05, 3.63) is 42.0 Å². The summed E-state index contributed by atoms with van der Waals surface area (Å²) in [4.78, 5) is 3.91. The van der Waals surface area contributed by atoms with Gasteiger partial charge in [0.25, 0.3) is 0 Å². The molecule has 0 bridgehead atoms. The van der Waals surface area contributed by atoms with Crippen LogP contribution in [0.15, 0.2) is 24.5 Å². The van der Waals surface area contributed by atoms with Crippen LogP contribution in [0.1, 0.15) is 0 Å². The van der Waals surface area contributed by atoms with Gasteiger partial charge in [-0.1, -0.05) is 0 Å². The predicted octanol–water partition coefficient (Wildman–Crippen LogP) is 2.58. The Morgan fingerprint density at radius 3 is 2.31 bits per heavy atom. The number of hydrogen-bond donors (Lipinski definition) is 1. The predicted molar refractivity (Wildman–Crippen MR) is 52.8 cm³/mol. The minimum absolute atomic E-state index is 0.103. The lowest BCUT2D eigenvalue weighted by Crippen LogP contribution is -2.00. The van der Waals surface area contributed by atoms with Crippen LogP contribution in [-0.2, 0) is 7.05 Å². The molecule has 0 aliphatic rings. The first-order valence-corrected chi connectivity index (χ1v) is 4.47. The van der Waals surface area contributed by atoms with E-state index >= 15 is 0 Å². The third-order valence-electron chi connectivity index (χ3n) is 2.06. The molecule has 1 aromatic heterocycles. The molecule has 0 fully saturated rings. The van der Waals surface area contributed by atoms with Crippen LogP contribution in [-0.4, -0.2) is 9.55 Å². The molecule has 0 atom stereocenters. The van der Waals surface area contributed by atoms with Crippen LogP contribution in [0.5, 0.6) is 0 Å². The third-order valence-corrected chi connectivity index (χ3v) is 2.06. The van der Waals surface area contributed by atoms with Gasteiger partial charge in [-0.15, -0.1) is 0 Å². The van der Waals surface area contributed by atoms with Crippen molar-refractivity contribution >= 4 is 11.6 Å². The zero-order valence-electron chi connectivity index (χ0n) is 8.34. The molecule has 0 amide bonds. The van der Waals surface area contributed by atoms with Crippen molar-refractivity contribution in [2.45, 2.75) is 0 Å². The van der Waals surface area contributed by atoms with Gasteiger partial charge in [-0.05, 0) is 0 Å². The van der Waals surface area contributed by atoms with Gasteiger partial charge in [-0.25, -0.2) is 18.2 Å². The van der Waals surface area contributed by atoms with E-state index in [2.05, 4.69) is 10.3 Å². The minimum atomic E-state index is -1.48. The maximum Gasteiger partial charge on any atom is 0.207 e. The molecule has 16 heavy (non-hydrogen) atoms. The van der Waals surface area contributed by atoms with Crippen molar-refractivity contribution in [1.82, 2.24) is 9.55 Å². The van der Waals surface area contributed by atoms with Crippen LogP contribution in [0.3, 0.4) is 0 Å². The number of nitrogens with zero attached hydrogens (tertiary/aromatic N) is 2. The van der Waals surface area contributed by atoms with Crippen LogP contribution >= 0.6 is 0 Å². The molecule has 2 aromatic rings. The first-order valence-electron chi connectivity index (χ1n) is 4.47. The number of benzene rings is 1. The lowest BCUT2D eigenvalue weighted by atomic mass is 10.3. The SMILES string of the molecule is Cn1ccnc1Nc1cc(F)c(F)c(F)c1. The van der Waals surface area contributed by atoms with E-state index < -0.39 is 17.5 Å². The second kappa shape index (κ2) is 3.88. The van der Waals surface area contributed by atoms with E-state index in [0.717, 1.165) is 12.1 Å². The van der Waals surface area contributed by atoms with Gasteiger partial charge in [0.05, 0.1) is 0 Å². The topological polar surface area (TPSA) is 29.9 Å². The van der Waals surface area contributed by atoms with Gasteiger partial charge in [0.15, 0.2) is 17.5 Å². The molecule has 3 nitrogen and oxygen atoms in total. The lowest BCUT2D eigenvalue weighted by Gasteiger charge is -2.06. The number of rotatable bonds is 2. The number of halogens is 3. The summed E-state index contributed by atoms with van der Waals surface area (Å²) in [5, 5.41) is 2.67. The average Bonchev–Trinajstić information content (AvgIpc) is 2.61. The Hall–Kier alpha value is -1.98. The largest absolute Gasteiger partial charge is 0.325 e. The second-order valence-corrected chi connectivity index (χ2v) is 3.24. The molecular weight excluding hydrogens is 219 g/mol. The Bertz CT molecular complexity index is 499. The molecule has 0 saturated carbocycles. The fourth-order valence-corrected chi connectivity index (χ4v) is 1.24. The molecule has 1 N–H and O–H groups in total. The molecule has 1 aromatic carbocycles. The molecule has 2 rings (SSSR count). The minimum Gasteiger partial charge on any atom is -0.325 e. The highest BCUT2D eigenvalue weighted by Gasteiger charge is 2.11. The quantitative estimate of drug-likeness (QED) is 0.799. The highest BCUT2D eigenvalue weighted by atomic mass is 19.2. The Balaban J connectivity index is 2.33. The number of aromatic nitrogens is 2. The fourth-order valence-electron chi connectivity index (χ4n) is 1.24. The van der Waals surface area contributed by atoms with E-state index in [1.165, 1.54) is 6.20 Å². The summed E-state index contributed by atoms with van der Waals surface area (Å²) in [5.74, 6) is -3.55. The Morgan fingerprint density at radius 2 is 1.81 bits per heavy atom. The maximum atomic E-state index is 12.9. The number of aryl methyl sites for hydroxylation is 1. The van der Waals surface area contributed by atoms with Gasteiger partial charge >= 0.3 is 0 Å². The number of nitrogens with one attached hydrogen (secondary N) is 1. The molecule has 0 radical (unpaired) electrons. The van der Waals surface area contributed by atoms with Gasteiger partial charge in [0, 0.05) is 37.3 Å². The van der Waals surface area contributed by atoms with E-state index in [1.807, 2.05) is 0 Å². The summed E-state index contributed by atoms with van der Waals surface area (Å²) in [6, 6.07) is 1.74. The summed E-state index contributed by atoms with van der Waals surface area (Å²) in [6.45, 7) is 0. The zero-order valence-corrected chi connectivity index (χ0v) is 8.34. The smallest absolute Gasteiger partial charge is 0.207 e. The lowest BCUT2D eigenvalue weighted by molar-refractivity contribution is 0.448. The molecule has 0 saturated heterocycles. The van der Waals surface area contributed by atoms with E-state index in [0.29, 0.717) is 5.95 Å². The summed E-state index contributed by atoms with van der Waals surface area (Å²) >= 11 is 0. The van der Waals surface area contributed by atoms with Gasteiger partial charge in [0.2, 0.25) is 5.95 Å². The molecule has 6 heteroatoms. The fraction of sp³-hybridized carbons (Fsp3) is 0.100. The summed E-state index contributed by atoms with van der Waals surface area (Å²) in [6.07, 6.45) is 3.19. The van der Waals surface area contributed by atoms with Crippen LogP contribution in [0.2, 0.25) is 0 Å². The number of hydrogen-bond acceptors (Lipinski definition) is 2. The number of imidazole rings is 1. The van der Waals surface area contributed by atoms with E-state index in [9.17, 15) is 13.2 Å². The molecule has 0 aliphatic heterocycles. The summed E-state index contributed by atoms with van der Waals surface area (Å²) in [7, 11) is 1.71. The van der Waals surface area contributed by atoms with Crippen LogP contribution < -0.4 is 5.32 Å². The van der Waals surface area contributed by atoms with Gasteiger partial charge in [0.1, 0.15) is 0 Å². The second-order valence-electron chi connectivity index (χ2n) is 3.24. The van der Waals surface area contributed by atoms with Crippen molar-refractivity contribution in [2.24, 2.45) is 7.05 Å². The van der Waals surface area contributed by atoms with E-state index in [4.69, 9.17) is 0 Å². The van der Waals surface area contributed by atoms with Crippen LogP contribution in [0.25, 0.3) is 0 Å². The standard InChI is InChI=1S/C10H8F3N3/c1-16-3-2-14-10(16)15-6-4-7(11)9(13)8(12)5-6/h2-5H,1H3,(H,14,15). The summed E-state index contributed by atoms with van der Waals surface area (Å²) in [5.41, 5.74) is 0.103. The Morgan fingerprint density at radius 1 is 1.19 bits per heavy atom. The van der Waals surface area contributed by atoms with E-state index in [1.54, 1.807) is 17.8 Å². The first kappa shape index (κ1) is 10.5. The zero-order chi connectivity index (χ0) is 11.7. The maximum absolute atomic E-state index is 12.9. The molecular formula is C10H8F3N3. The summed E-state index contributed by atoms with van der Waals surface area (Å²) < 4.78 is 40.1. The van der Waals surface area contributed by atoms with Crippen LogP contribution in [0, 0.1) is 17.5 Å². The normalized spacial score (nSPS) is 10.5. The monoisotopic (exact) mass is 227 g/mol. The number of anilines is 2. The Labute approximate surface area is 89.5 Å². The van der Waals surface area contributed by atoms with Crippen molar-refractivity contribution in [1.29, 1.82) is 0 Å². The highest BCUT2D eigenvalue weighted by molar-refractivity contribution is 5.53. The first-order chi connectivity index (χ1) is 7.58. The van der Waals surface area contributed by atoms with Crippen molar-refractivity contribution < 1.29 is 13.2 Å². The Kier molecular flexibility index (Phi) is 2.55. The molecule has 0 unspecified atom stereocenters. The molecule has 1 heterocycles. The van der Waals surface area contributed by atoms with Gasteiger partial charge < -0.3 is 9.88 Å².